The highest BCUT2D eigenvalue weighted by Gasteiger charge is 2.19. The van der Waals surface area contributed by atoms with Gasteiger partial charge in [0.2, 0.25) is 0 Å². The van der Waals surface area contributed by atoms with E-state index in [2.05, 4.69) is 154 Å². The van der Waals surface area contributed by atoms with Gasteiger partial charge in [0, 0.05) is 19.3 Å². The first kappa shape index (κ1) is 71.5. The van der Waals surface area contributed by atoms with E-state index in [1.807, 2.05) is 0 Å². The normalized spacial score (nSPS) is 13.0. The monoisotopic (exact) mass is 1050 g/mol. The summed E-state index contributed by atoms with van der Waals surface area (Å²) in [5.74, 6) is -0.951. The number of carbonyl (C=O) groups excluding carboxylic acids is 3. The summed E-state index contributed by atoms with van der Waals surface area (Å²) in [7, 11) is 0. The van der Waals surface area contributed by atoms with E-state index in [0.717, 1.165) is 128 Å². The van der Waals surface area contributed by atoms with E-state index in [1.165, 1.54) is 96.3 Å². The Morgan fingerprint density at radius 2 is 0.513 bits per heavy atom. The lowest BCUT2D eigenvalue weighted by Crippen LogP contribution is -2.30. The van der Waals surface area contributed by atoms with Gasteiger partial charge in [0.1, 0.15) is 13.2 Å². The van der Waals surface area contributed by atoms with Gasteiger partial charge in [0.25, 0.3) is 0 Å². The Bertz CT molecular complexity index is 1630. The van der Waals surface area contributed by atoms with Crippen LogP contribution in [0, 0.1) is 0 Å². The molecule has 0 aliphatic rings. The second kappa shape index (κ2) is 63.1. The third kappa shape index (κ3) is 60.4. The van der Waals surface area contributed by atoms with Gasteiger partial charge in [-0.3, -0.25) is 14.4 Å². The predicted molar refractivity (Wildman–Crippen MR) is 329 cm³/mol. The Kier molecular flexibility index (Phi) is 59.4. The first-order valence-electron chi connectivity index (χ1n) is 31.2. The van der Waals surface area contributed by atoms with Gasteiger partial charge in [-0.05, 0) is 116 Å². The van der Waals surface area contributed by atoms with Crippen LogP contribution >= 0.6 is 0 Å². The lowest BCUT2D eigenvalue weighted by Gasteiger charge is -2.18. The summed E-state index contributed by atoms with van der Waals surface area (Å²) in [6.07, 6.45) is 88.8. The number of ether oxygens (including phenoxy) is 3. The van der Waals surface area contributed by atoms with Gasteiger partial charge >= 0.3 is 17.9 Å². The maximum Gasteiger partial charge on any atom is 0.306 e. The average Bonchev–Trinajstić information content (AvgIpc) is 3.42. The van der Waals surface area contributed by atoms with Crippen LogP contribution in [0.15, 0.2) is 134 Å². The van der Waals surface area contributed by atoms with Crippen LogP contribution in [0.3, 0.4) is 0 Å². The zero-order valence-corrected chi connectivity index (χ0v) is 49.2. The Morgan fingerprint density at radius 1 is 0.276 bits per heavy atom. The maximum absolute atomic E-state index is 12.9. The molecule has 0 aliphatic carbocycles. The van der Waals surface area contributed by atoms with E-state index in [0.29, 0.717) is 25.7 Å². The quantitative estimate of drug-likeness (QED) is 0.0261. The third-order valence-corrected chi connectivity index (χ3v) is 12.9. The van der Waals surface area contributed by atoms with Crippen molar-refractivity contribution in [1.29, 1.82) is 0 Å². The molecule has 0 aromatic heterocycles. The summed E-state index contributed by atoms with van der Waals surface area (Å²) in [6.45, 7) is 6.38. The average molecular weight is 1050 g/mol. The minimum absolute atomic E-state index is 0.0976. The maximum atomic E-state index is 12.9. The van der Waals surface area contributed by atoms with Crippen molar-refractivity contribution in [1.82, 2.24) is 0 Å². The Hall–Kier alpha value is -4.45. The highest BCUT2D eigenvalue weighted by molar-refractivity contribution is 5.71. The molecule has 0 saturated carbocycles. The molecule has 0 N–H and O–H groups in total. The van der Waals surface area contributed by atoms with Crippen LogP contribution in [0.5, 0.6) is 0 Å². The Balaban J connectivity index is 4.45. The van der Waals surface area contributed by atoms with E-state index in [1.54, 1.807) is 0 Å². The van der Waals surface area contributed by atoms with Gasteiger partial charge in [-0.1, -0.05) is 270 Å². The van der Waals surface area contributed by atoms with Crippen molar-refractivity contribution < 1.29 is 28.6 Å². The van der Waals surface area contributed by atoms with E-state index in [9.17, 15) is 14.4 Å². The van der Waals surface area contributed by atoms with Crippen molar-refractivity contribution in [3.05, 3.63) is 134 Å². The molecule has 0 spiro atoms. The van der Waals surface area contributed by atoms with Gasteiger partial charge in [-0.25, -0.2) is 0 Å². The van der Waals surface area contributed by atoms with Gasteiger partial charge in [0.05, 0.1) is 0 Å². The summed E-state index contributed by atoms with van der Waals surface area (Å²) >= 11 is 0. The Labute approximate surface area is 468 Å². The molecule has 0 aromatic carbocycles. The molecule has 1 unspecified atom stereocenters. The van der Waals surface area contributed by atoms with Crippen molar-refractivity contribution in [2.75, 3.05) is 13.2 Å². The Morgan fingerprint density at radius 3 is 0.829 bits per heavy atom. The number of unbranched alkanes of at least 4 members (excludes halogenated alkanes) is 22. The minimum Gasteiger partial charge on any atom is -0.462 e. The van der Waals surface area contributed by atoms with Crippen LogP contribution in [0.25, 0.3) is 0 Å². The molecular weight excluding hydrogens is 937 g/mol. The molecule has 430 valence electrons. The fourth-order valence-electron chi connectivity index (χ4n) is 8.30. The molecule has 6 heteroatoms. The van der Waals surface area contributed by atoms with Crippen LogP contribution in [-0.4, -0.2) is 37.2 Å². The summed E-state index contributed by atoms with van der Waals surface area (Å²) in [5.41, 5.74) is 0. The standard InChI is InChI=1S/C70H114O6/c1-4-7-10-13-16-19-22-25-28-30-31-32-33-34-35-36-37-38-39-41-42-45-48-51-54-57-60-63-69(72)75-66-67(65-74-68(71)62-59-56-53-50-47-44-27-24-21-18-15-12-9-6-3)76-70(73)64-61-58-55-52-49-46-43-40-29-26-23-20-17-14-11-8-5-2/h7-8,10-11,16-17,19-20,25-26,28-29,31-32,34-35,37-38,41-42,48,51,67H,4-6,9,12-15,18,21-24,27,30,33,36,39-40,43-47,49-50,52-66H2,1-3H3/b10-7-,11-8-,19-16-,20-17-,28-25-,29-26-,32-31-,35-34-,38-37-,42-41-,51-48-. The second-order valence-corrected chi connectivity index (χ2v) is 20.2. The fourth-order valence-corrected chi connectivity index (χ4v) is 8.30. The molecule has 0 amide bonds. The van der Waals surface area contributed by atoms with Gasteiger partial charge in [-0.15, -0.1) is 0 Å². The molecule has 76 heavy (non-hydrogen) atoms. The summed E-state index contributed by atoms with van der Waals surface area (Å²) in [6, 6.07) is 0. The number of esters is 3. The summed E-state index contributed by atoms with van der Waals surface area (Å²) in [5, 5.41) is 0. The van der Waals surface area contributed by atoms with Gasteiger partial charge < -0.3 is 14.2 Å². The zero-order valence-electron chi connectivity index (χ0n) is 49.2. The first-order valence-corrected chi connectivity index (χ1v) is 31.2. The van der Waals surface area contributed by atoms with Crippen molar-refractivity contribution in [2.24, 2.45) is 0 Å². The van der Waals surface area contributed by atoms with Crippen molar-refractivity contribution >= 4 is 17.9 Å². The van der Waals surface area contributed by atoms with Gasteiger partial charge in [0.15, 0.2) is 6.10 Å². The molecule has 0 heterocycles. The van der Waals surface area contributed by atoms with Crippen molar-refractivity contribution in [3.8, 4) is 0 Å². The van der Waals surface area contributed by atoms with Gasteiger partial charge in [-0.2, -0.15) is 0 Å². The minimum atomic E-state index is -0.805. The predicted octanol–water partition coefficient (Wildman–Crippen LogP) is 21.4. The molecule has 0 rings (SSSR count). The SMILES string of the molecule is CC/C=C\C/C=C\C/C=C\C/C=C\C/C=C\C/C=C\C/C=C\C/C=C\CCCCC(=O)OCC(COC(=O)CCCCCCCCCCCCCCCC)OC(=O)CCCCCCCCC/C=C\C/C=C\C/C=C\CC. The third-order valence-electron chi connectivity index (χ3n) is 12.9. The number of hydrogen-bond acceptors (Lipinski definition) is 6. The molecule has 0 aliphatic heterocycles. The van der Waals surface area contributed by atoms with E-state index >= 15 is 0 Å². The van der Waals surface area contributed by atoms with E-state index in [4.69, 9.17) is 14.2 Å². The zero-order chi connectivity index (χ0) is 55.0. The van der Waals surface area contributed by atoms with Crippen LogP contribution in [0.1, 0.15) is 271 Å². The highest BCUT2D eigenvalue weighted by Crippen LogP contribution is 2.15. The summed E-state index contributed by atoms with van der Waals surface area (Å²) in [4.78, 5) is 38.3. The molecule has 0 fully saturated rings. The molecule has 0 radical (unpaired) electrons. The van der Waals surface area contributed by atoms with E-state index < -0.39 is 6.10 Å². The second-order valence-electron chi connectivity index (χ2n) is 20.2. The lowest BCUT2D eigenvalue weighted by molar-refractivity contribution is -0.167. The molecule has 0 bridgehead atoms. The number of allylic oxidation sites excluding steroid dienone is 22. The topological polar surface area (TPSA) is 78.9 Å². The van der Waals surface area contributed by atoms with Crippen LogP contribution in [0.4, 0.5) is 0 Å². The summed E-state index contributed by atoms with van der Waals surface area (Å²) < 4.78 is 16.9. The molecule has 0 aromatic rings. The van der Waals surface area contributed by atoms with Crippen molar-refractivity contribution in [3.63, 3.8) is 0 Å². The number of carbonyl (C=O) groups is 3. The van der Waals surface area contributed by atoms with Crippen LogP contribution < -0.4 is 0 Å². The van der Waals surface area contributed by atoms with Crippen LogP contribution in [0.2, 0.25) is 0 Å². The number of rotatable bonds is 55. The van der Waals surface area contributed by atoms with E-state index in [-0.39, 0.29) is 31.1 Å². The molecule has 0 saturated heterocycles. The number of hydrogen-bond donors (Lipinski definition) is 0. The molecule has 1 atom stereocenters. The fraction of sp³-hybridized carbons (Fsp3) is 0.643. The first-order chi connectivity index (χ1) is 37.5. The molecular formula is C70H114O6. The highest BCUT2D eigenvalue weighted by atomic mass is 16.6. The largest absolute Gasteiger partial charge is 0.462 e. The molecule has 6 nitrogen and oxygen atoms in total. The van der Waals surface area contributed by atoms with Crippen molar-refractivity contribution in [2.45, 2.75) is 277 Å². The lowest BCUT2D eigenvalue weighted by atomic mass is 10.0. The smallest absolute Gasteiger partial charge is 0.306 e. The van der Waals surface area contributed by atoms with Crippen LogP contribution in [-0.2, 0) is 28.6 Å².